The normalized spacial score (nSPS) is 34.8. The molecular formula is C5H10N2O2. The summed E-state index contributed by atoms with van der Waals surface area (Å²) in [6.07, 6.45) is 0.659. The van der Waals surface area contributed by atoms with Gasteiger partial charge < -0.3 is 16.2 Å². The van der Waals surface area contributed by atoms with Crippen LogP contribution in [0, 0.1) is 0 Å². The third-order valence-corrected chi connectivity index (χ3v) is 1.37. The third kappa shape index (κ3) is 1.40. The molecule has 4 heteroatoms. The fourth-order valence-electron chi connectivity index (χ4n) is 0.872. The van der Waals surface area contributed by atoms with Crippen LogP contribution >= 0.6 is 0 Å². The Labute approximate surface area is 53.1 Å². The molecule has 4 N–H and O–H groups in total. The molecule has 9 heavy (non-hydrogen) atoms. The van der Waals surface area contributed by atoms with Crippen molar-refractivity contribution in [3.63, 3.8) is 0 Å². The number of hydrogen-bond acceptors (Lipinski definition) is 3. The molecule has 0 bridgehead atoms. The molecule has 0 aromatic rings. The van der Waals surface area contributed by atoms with Crippen LogP contribution in [0.25, 0.3) is 0 Å². The molecule has 1 fully saturated rings. The molecule has 1 aliphatic rings. The lowest BCUT2D eigenvalue weighted by molar-refractivity contribution is -0.128. The van der Waals surface area contributed by atoms with E-state index in [0.29, 0.717) is 6.42 Å². The lowest BCUT2D eigenvalue weighted by atomic mass is 10.2. The monoisotopic (exact) mass is 130 g/mol. The van der Waals surface area contributed by atoms with Crippen molar-refractivity contribution in [1.82, 2.24) is 0 Å². The summed E-state index contributed by atoms with van der Waals surface area (Å²) in [6, 6.07) is 0. The highest BCUT2D eigenvalue weighted by molar-refractivity contribution is 5.79. The molecule has 52 valence electrons. The van der Waals surface area contributed by atoms with Gasteiger partial charge in [0.05, 0.1) is 0 Å². The molecule has 1 heterocycles. The predicted octanol–water partition coefficient (Wildman–Crippen LogP) is -1.06. The lowest BCUT2D eigenvalue weighted by Crippen LogP contribution is -2.30. The van der Waals surface area contributed by atoms with E-state index in [2.05, 4.69) is 0 Å². The van der Waals surface area contributed by atoms with E-state index in [1.165, 1.54) is 0 Å². The highest BCUT2D eigenvalue weighted by Crippen LogP contribution is 2.14. The van der Waals surface area contributed by atoms with Gasteiger partial charge in [-0.25, -0.2) is 0 Å². The molecule has 1 aliphatic heterocycles. The van der Waals surface area contributed by atoms with Crippen LogP contribution in [0.5, 0.6) is 0 Å². The Kier molecular flexibility index (Phi) is 1.68. The maximum Gasteiger partial charge on any atom is 0.246 e. The van der Waals surface area contributed by atoms with Gasteiger partial charge >= 0.3 is 0 Å². The van der Waals surface area contributed by atoms with Crippen LogP contribution in [0.15, 0.2) is 0 Å². The van der Waals surface area contributed by atoms with E-state index in [4.69, 9.17) is 16.2 Å². The summed E-state index contributed by atoms with van der Waals surface area (Å²) in [5, 5.41) is 0. The second-order valence-electron chi connectivity index (χ2n) is 2.14. The molecule has 2 unspecified atom stereocenters. The average Bonchev–Trinajstić information content (AvgIpc) is 2.14. The van der Waals surface area contributed by atoms with Gasteiger partial charge in [-0.3, -0.25) is 4.79 Å². The van der Waals surface area contributed by atoms with E-state index >= 15 is 0 Å². The molecular weight excluding hydrogens is 120 g/mol. The topological polar surface area (TPSA) is 78.3 Å². The van der Waals surface area contributed by atoms with Gasteiger partial charge in [-0.1, -0.05) is 0 Å². The number of carbonyl (C=O) groups is 1. The summed E-state index contributed by atoms with van der Waals surface area (Å²) in [5.41, 5.74) is 10.3. The minimum Gasteiger partial charge on any atom is -0.367 e. The van der Waals surface area contributed by atoms with Crippen LogP contribution in [0.2, 0.25) is 0 Å². The Balaban J connectivity index is 2.39. The maximum absolute atomic E-state index is 10.4. The Morgan fingerprint density at radius 2 is 2.22 bits per heavy atom. The number of nitrogens with two attached hydrogens (primary N) is 2. The maximum atomic E-state index is 10.4. The molecule has 1 saturated heterocycles. The molecule has 0 saturated carbocycles. The molecule has 0 radical (unpaired) electrons. The minimum absolute atomic E-state index is 0.289. The molecule has 2 atom stereocenters. The Morgan fingerprint density at radius 3 is 2.44 bits per heavy atom. The molecule has 1 amide bonds. The third-order valence-electron chi connectivity index (χ3n) is 1.37. The van der Waals surface area contributed by atoms with Gasteiger partial charge in [-0.05, 0) is 12.8 Å². The van der Waals surface area contributed by atoms with Crippen molar-refractivity contribution in [2.24, 2.45) is 11.5 Å². The van der Waals surface area contributed by atoms with Crippen LogP contribution in [0.1, 0.15) is 12.8 Å². The van der Waals surface area contributed by atoms with Gasteiger partial charge in [0.25, 0.3) is 0 Å². The first kappa shape index (κ1) is 6.51. The molecule has 0 aromatic carbocycles. The van der Waals surface area contributed by atoms with Gasteiger partial charge in [-0.2, -0.15) is 0 Å². The number of ether oxygens (including phenoxy) is 1. The van der Waals surface area contributed by atoms with Gasteiger partial charge in [0.15, 0.2) is 0 Å². The zero-order valence-corrected chi connectivity index (χ0v) is 5.04. The van der Waals surface area contributed by atoms with E-state index in [-0.39, 0.29) is 6.23 Å². The molecule has 4 nitrogen and oxygen atoms in total. The van der Waals surface area contributed by atoms with Crippen LogP contribution in [-0.2, 0) is 9.53 Å². The number of amides is 1. The van der Waals surface area contributed by atoms with Crippen LogP contribution in [-0.4, -0.2) is 18.2 Å². The molecule has 1 rings (SSSR count). The largest absolute Gasteiger partial charge is 0.367 e. The average molecular weight is 130 g/mol. The van der Waals surface area contributed by atoms with Gasteiger partial charge in [0.2, 0.25) is 5.91 Å². The zero-order valence-electron chi connectivity index (χ0n) is 5.04. The lowest BCUT2D eigenvalue weighted by Gasteiger charge is -2.04. The summed E-state index contributed by atoms with van der Waals surface area (Å²) in [6.45, 7) is 0. The van der Waals surface area contributed by atoms with E-state index < -0.39 is 12.0 Å². The van der Waals surface area contributed by atoms with Crippen LogP contribution in [0.4, 0.5) is 0 Å². The SMILES string of the molecule is NC(=O)C1CCC(N)O1. The number of carbonyl (C=O) groups excluding carboxylic acids is 1. The number of hydrogen-bond donors (Lipinski definition) is 2. The number of rotatable bonds is 1. The summed E-state index contributed by atoms with van der Waals surface area (Å²) >= 11 is 0. The Morgan fingerprint density at radius 1 is 1.56 bits per heavy atom. The fourth-order valence-corrected chi connectivity index (χ4v) is 0.872. The quantitative estimate of drug-likeness (QED) is 0.474. The van der Waals surface area contributed by atoms with E-state index in [9.17, 15) is 4.79 Å². The van der Waals surface area contributed by atoms with Crippen molar-refractivity contribution in [1.29, 1.82) is 0 Å². The van der Waals surface area contributed by atoms with Crippen molar-refractivity contribution in [3.8, 4) is 0 Å². The first-order valence-electron chi connectivity index (χ1n) is 2.90. The standard InChI is InChI=1S/C5H10N2O2/c6-4-2-1-3(9-4)5(7)8/h3-4H,1-2,6H2,(H2,7,8). The van der Waals surface area contributed by atoms with E-state index in [1.807, 2.05) is 0 Å². The van der Waals surface area contributed by atoms with Gasteiger partial charge in [0, 0.05) is 0 Å². The highest BCUT2D eigenvalue weighted by atomic mass is 16.5. The van der Waals surface area contributed by atoms with Crippen molar-refractivity contribution in [3.05, 3.63) is 0 Å². The van der Waals surface area contributed by atoms with E-state index in [0.717, 1.165) is 6.42 Å². The predicted molar refractivity (Wildman–Crippen MR) is 31.3 cm³/mol. The van der Waals surface area contributed by atoms with Crippen LogP contribution in [0.3, 0.4) is 0 Å². The van der Waals surface area contributed by atoms with Gasteiger partial charge in [-0.15, -0.1) is 0 Å². The first-order valence-corrected chi connectivity index (χ1v) is 2.90. The van der Waals surface area contributed by atoms with Gasteiger partial charge in [0.1, 0.15) is 12.3 Å². The molecule has 0 aromatic heterocycles. The van der Waals surface area contributed by atoms with Crippen LogP contribution < -0.4 is 11.5 Å². The Hall–Kier alpha value is -0.610. The summed E-state index contributed by atoms with van der Waals surface area (Å²) in [4.78, 5) is 10.4. The summed E-state index contributed by atoms with van der Waals surface area (Å²) < 4.78 is 4.93. The second kappa shape index (κ2) is 2.33. The molecule has 0 spiro atoms. The highest BCUT2D eigenvalue weighted by Gasteiger charge is 2.26. The minimum atomic E-state index is -0.444. The van der Waals surface area contributed by atoms with Crippen molar-refractivity contribution in [2.45, 2.75) is 25.2 Å². The second-order valence-corrected chi connectivity index (χ2v) is 2.14. The van der Waals surface area contributed by atoms with E-state index in [1.54, 1.807) is 0 Å². The summed E-state index contributed by atoms with van der Waals surface area (Å²) in [7, 11) is 0. The molecule has 0 aliphatic carbocycles. The summed E-state index contributed by atoms with van der Waals surface area (Å²) in [5.74, 6) is -0.414. The van der Waals surface area contributed by atoms with Crippen molar-refractivity contribution in [2.75, 3.05) is 0 Å². The van der Waals surface area contributed by atoms with Crippen molar-refractivity contribution < 1.29 is 9.53 Å². The smallest absolute Gasteiger partial charge is 0.246 e. The Bertz CT molecular complexity index is 126. The zero-order chi connectivity index (χ0) is 6.85. The fraction of sp³-hybridized carbons (Fsp3) is 0.800. The van der Waals surface area contributed by atoms with Crippen molar-refractivity contribution >= 4 is 5.91 Å². The first-order chi connectivity index (χ1) is 4.20. The number of primary amides is 1.